The lowest BCUT2D eigenvalue weighted by Gasteiger charge is -2.37. The average molecular weight is 354 g/mol. The van der Waals surface area contributed by atoms with Crippen LogP contribution in [-0.4, -0.2) is 47.6 Å². The molecule has 1 aromatic heterocycles. The van der Waals surface area contributed by atoms with Crippen LogP contribution in [0.2, 0.25) is 0 Å². The van der Waals surface area contributed by atoms with Gasteiger partial charge in [-0.2, -0.15) is 5.10 Å². The molecule has 0 saturated heterocycles. The number of phenolic OH excluding ortho intramolecular Hbond substituents is 2. The van der Waals surface area contributed by atoms with E-state index < -0.39 is 23.6 Å². The molecule has 3 aromatic rings. The van der Waals surface area contributed by atoms with Gasteiger partial charge in [0.15, 0.2) is 11.5 Å². The zero-order chi connectivity index (χ0) is 18.5. The van der Waals surface area contributed by atoms with E-state index in [0.717, 1.165) is 0 Å². The standard InChI is InChI=1S/C18H14N2O6/c1-18(26)16-11-10(15(24)17(18)25)9-8(14(23)12(11)19-20-16)7-5(13(9)22)3-2-4-6(7)21/h2-4,15,17,21,23-26H,1H3,(H,19,20)/t15-,17-,18+/m1/s1. The van der Waals surface area contributed by atoms with Crippen molar-refractivity contribution in [2.24, 2.45) is 0 Å². The summed E-state index contributed by atoms with van der Waals surface area (Å²) in [7, 11) is 0. The maximum absolute atomic E-state index is 13.0. The molecule has 0 radical (unpaired) electrons. The van der Waals surface area contributed by atoms with Crippen molar-refractivity contribution in [2.75, 3.05) is 0 Å². The molecular weight excluding hydrogens is 340 g/mol. The minimum atomic E-state index is -1.85. The second kappa shape index (κ2) is 4.42. The lowest BCUT2D eigenvalue weighted by molar-refractivity contribution is -0.127. The molecule has 3 atom stereocenters. The van der Waals surface area contributed by atoms with E-state index in [4.69, 9.17) is 0 Å². The van der Waals surface area contributed by atoms with E-state index >= 15 is 0 Å². The van der Waals surface area contributed by atoms with Crippen LogP contribution in [0.5, 0.6) is 11.5 Å². The number of aromatic amines is 1. The van der Waals surface area contributed by atoms with Crippen LogP contribution in [0.4, 0.5) is 0 Å². The van der Waals surface area contributed by atoms with E-state index in [-0.39, 0.29) is 55.9 Å². The van der Waals surface area contributed by atoms with Crippen molar-refractivity contribution in [1.29, 1.82) is 0 Å². The van der Waals surface area contributed by atoms with Crippen LogP contribution in [0.25, 0.3) is 22.0 Å². The number of aliphatic hydroxyl groups is 3. The van der Waals surface area contributed by atoms with Crippen molar-refractivity contribution in [3.63, 3.8) is 0 Å². The number of hydrogen-bond donors (Lipinski definition) is 6. The Morgan fingerprint density at radius 1 is 1.15 bits per heavy atom. The van der Waals surface area contributed by atoms with Crippen LogP contribution in [0, 0.1) is 0 Å². The summed E-state index contributed by atoms with van der Waals surface area (Å²) in [6, 6.07) is 4.41. The number of nitrogens with zero attached hydrogens (tertiary/aromatic N) is 1. The maximum atomic E-state index is 13.0. The Labute approximate surface area is 146 Å². The molecule has 2 aliphatic rings. The number of carbonyl (C=O) groups is 1. The quantitative estimate of drug-likeness (QED) is 0.274. The molecule has 0 unspecified atom stereocenters. The van der Waals surface area contributed by atoms with Gasteiger partial charge in [0.25, 0.3) is 0 Å². The lowest BCUT2D eigenvalue weighted by Crippen LogP contribution is -2.44. The summed E-state index contributed by atoms with van der Waals surface area (Å²) in [6.45, 7) is 1.31. The predicted octanol–water partition coefficient (Wildman–Crippen LogP) is 0.801. The lowest BCUT2D eigenvalue weighted by atomic mass is 9.77. The fourth-order valence-electron chi connectivity index (χ4n) is 4.15. The van der Waals surface area contributed by atoms with Gasteiger partial charge in [0, 0.05) is 33.2 Å². The minimum Gasteiger partial charge on any atom is -0.507 e. The topological polar surface area (TPSA) is 147 Å². The molecule has 2 aliphatic carbocycles. The molecule has 0 fully saturated rings. The van der Waals surface area contributed by atoms with Gasteiger partial charge in [0.1, 0.15) is 29.1 Å². The number of aromatic nitrogens is 2. The van der Waals surface area contributed by atoms with E-state index in [9.17, 15) is 30.3 Å². The molecule has 1 heterocycles. The normalized spacial score (nSPS) is 26.2. The fourth-order valence-corrected chi connectivity index (χ4v) is 4.15. The van der Waals surface area contributed by atoms with Crippen LogP contribution in [0.15, 0.2) is 18.2 Å². The summed E-state index contributed by atoms with van der Waals surface area (Å²) < 4.78 is 0. The summed E-state index contributed by atoms with van der Waals surface area (Å²) in [4.78, 5) is 13.0. The molecule has 8 nitrogen and oxygen atoms in total. The van der Waals surface area contributed by atoms with Crippen molar-refractivity contribution in [2.45, 2.75) is 24.7 Å². The van der Waals surface area contributed by atoms with Crippen LogP contribution >= 0.6 is 0 Å². The number of nitrogens with one attached hydrogen (secondary N) is 1. The van der Waals surface area contributed by atoms with Crippen LogP contribution < -0.4 is 0 Å². The number of benzene rings is 2. The molecular formula is C18H14N2O6. The van der Waals surface area contributed by atoms with Crippen molar-refractivity contribution >= 4 is 16.7 Å². The fraction of sp³-hybridized carbons (Fsp3) is 0.222. The van der Waals surface area contributed by atoms with Crippen molar-refractivity contribution < 1.29 is 30.3 Å². The van der Waals surface area contributed by atoms with Crippen LogP contribution in [-0.2, 0) is 5.60 Å². The van der Waals surface area contributed by atoms with Gasteiger partial charge in [0.2, 0.25) is 0 Å². The number of rotatable bonds is 0. The van der Waals surface area contributed by atoms with Crippen molar-refractivity contribution in [3.8, 4) is 22.6 Å². The molecule has 0 amide bonds. The van der Waals surface area contributed by atoms with Gasteiger partial charge in [-0.05, 0) is 13.0 Å². The van der Waals surface area contributed by atoms with E-state index in [1.54, 1.807) is 0 Å². The SMILES string of the molecule is C[C@]1(O)c2[nH]nc3c(O)c4c(c(c23)[C@@H](O)[C@H]1O)C(=O)c1cccc(O)c1-4. The Morgan fingerprint density at radius 3 is 2.62 bits per heavy atom. The zero-order valence-electron chi connectivity index (χ0n) is 13.5. The Bertz CT molecular complexity index is 1150. The average Bonchev–Trinajstić information content (AvgIpc) is 3.16. The van der Waals surface area contributed by atoms with Gasteiger partial charge < -0.3 is 25.5 Å². The highest BCUT2D eigenvalue weighted by atomic mass is 16.4. The van der Waals surface area contributed by atoms with Crippen LogP contribution in [0.3, 0.4) is 0 Å². The summed E-state index contributed by atoms with van der Waals surface area (Å²) in [6.07, 6.45) is -3.19. The molecule has 8 heteroatoms. The monoisotopic (exact) mass is 354 g/mol. The highest BCUT2D eigenvalue weighted by Gasteiger charge is 2.50. The third-order valence-electron chi connectivity index (χ3n) is 5.46. The molecule has 2 aromatic carbocycles. The number of aliphatic hydroxyl groups excluding tert-OH is 2. The molecule has 132 valence electrons. The van der Waals surface area contributed by atoms with E-state index in [1.807, 2.05) is 0 Å². The molecule has 0 aliphatic heterocycles. The number of H-pyrrole nitrogens is 1. The number of carbonyl (C=O) groups excluding carboxylic acids is 1. The first kappa shape index (κ1) is 15.3. The predicted molar refractivity (Wildman–Crippen MR) is 88.8 cm³/mol. The largest absolute Gasteiger partial charge is 0.507 e. The molecule has 26 heavy (non-hydrogen) atoms. The first-order valence-corrected chi connectivity index (χ1v) is 7.99. The molecule has 0 bridgehead atoms. The first-order valence-electron chi connectivity index (χ1n) is 7.99. The van der Waals surface area contributed by atoms with Gasteiger partial charge in [0.05, 0.1) is 5.69 Å². The zero-order valence-corrected chi connectivity index (χ0v) is 13.5. The number of phenols is 2. The number of fused-ring (bicyclic) bond motifs is 4. The summed E-state index contributed by atoms with van der Waals surface area (Å²) in [5.41, 5.74) is -1.21. The highest BCUT2D eigenvalue weighted by Crippen LogP contribution is 2.55. The van der Waals surface area contributed by atoms with Gasteiger partial charge in [-0.15, -0.1) is 0 Å². The van der Waals surface area contributed by atoms with Gasteiger partial charge >= 0.3 is 0 Å². The second-order valence-corrected chi connectivity index (χ2v) is 6.90. The Hall–Kier alpha value is -2.94. The van der Waals surface area contributed by atoms with Crippen molar-refractivity contribution in [3.05, 3.63) is 40.6 Å². The van der Waals surface area contributed by atoms with E-state index in [1.165, 1.54) is 25.1 Å². The number of hydrogen-bond acceptors (Lipinski definition) is 7. The number of aromatic hydroxyl groups is 2. The van der Waals surface area contributed by atoms with E-state index in [0.29, 0.717) is 0 Å². The summed E-state index contributed by atoms with van der Waals surface area (Å²) in [5.74, 6) is -1.02. The van der Waals surface area contributed by atoms with Gasteiger partial charge in [-0.3, -0.25) is 9.89 Å². The summed E-state index contributed by atoms with van der Waals surface area (Å²) in [5, 5.41) is 59.5. The van der Waals surface area contributed by atoms with Gasteiger partial charge in [-0.1, -0.05) is 12.1 Å². The number of ketones is 1. The summed E-state index contributed by atoms with van der Waals surface area (Å²) >= 11 is 0. The molecule has 0 saturated carbocycles. The Balaban J connectivity index is 2.02. The third kappa shape index (κ3) is 1.46. The smallest absolute Gasteiger partial charge is 0.194 e. The van der Waals surface area contributed by atoms with Crippen molar-refractivity contribution in [1.82, 2.24) is 10.2 Å². The van der Waals surface area contributed by atoms with Gasteiger partial charge in [-0.25, -0.2) is 0 Å². The molecule has 6 N–H and O–H groups in total. The highest BCUT2D eigenvalue weighted by molar-refractivity contribution is 6.27. The molecule has 0 spiro atoms. The molecule has 5 rings (SSSR count). The first-order chi connectivity index (χ1) is 12.3. The minimum absolute atomic E-state index is 0.00352. The Kier molecular flexibility index (Phi) is 2.60. The van der Waals surface area contributed by atoms with E-state index in [2.05, 4.69) is 10.2 Å². The second-order valence-electron chi connectivity index (χ2n) is 6.90. The third-order valence-corrected chi connectivity index (χ3v) is 5.46. The Morgan fingerprint density at radius 2 is 1.88 bits per heavy atom. The maximum Gasteiger partial charge on any atom is 0.194 e. The van der Waals surface area contributed by atoms with Crippen LogP contribution in [0.1, 0.15) is 40.2 Å².